The molecule has 1 heterocycles. The third-order valence-corrected chi connectivity index (χ3v) is 3.16. The largest absolute Gasteiger partial charge is 0.481 e. The SMILES string of the molecule is COc1cccc(CNc2cccc(N)c2C(=N)Br)n1. The number of nitrogen functional groups attached to an aromatic ring is 1. The second-order valence-corrected chi connectivity index (χ2v) is 4.90. The fraction of sp³-hybridized carbons (Fsp3) is 0.143. The van der Waals surface area contributed by atoms with Crippen molar-refractivity contribution in [3.8, 4) is 5.88 Å². The van der Waals surface area contributed by atoms with Crippen LogP contribution in [0.15, 0.2) is 36.4 Å². The van der Waals surface area contributed by atoms with Crippen molar-refractivity contribution in [2.45, 2.75) is 6.54 Å². The first kappa shape index (κ1) is 14.3. The highest BCUT2D eigenvalue weighted by atomic mass is 79.9. The minimum Gasteiger partial charge on any atom is -0.481 e. The van der Waals surface area contributed by atoms with Crippen LogP contribution in [0.5, 0.6) is 5.88 Å². The zero-order valence-electron chi connectivity index (χ0n) is 11.0. The molecule has 0 aliphatic heterocycles. The number of nitrogens with one attached hydrogen (secondary N) is 2. The number of hydrogen-bond donors (Lipinski definition) is 3. The summed E-state index contributed by atoms with van der Waals surface area (Å²) in [6.07, 6.45) is 0. The summed E-state index contributed by atoms with van der Waals surface area (Å²) in [4.78, 5) is 4.32. The van der Waals surface area contributed by atoms with Crippen molar-refractivity contribution >= 4 is 31.9 Å². The van der Waals surface area contributed by atoms with Gasteiger partial charge in [0.25, 0.3) is 0 Å². The zero-order valence-corrected chi connectivity index (χ0v) is 12.6. The number of pyridine rings is 1. The number of halogens is 1. The van der Waals surface area contributed by atoms with E-state index in [4.69, 9.17) is 15.9 Å². The van der Waals surface area contributed by atoms with E-state index in [-0.39, 0.29) is 4.62 Å². The van der Waals surface area contributed by atoms with Gasteiger partial charge in [-0.05, 0) is 34.1 Å². The molecular formula is C14H15BrN4O. The fourth-order valence-electron chi connectivity index (χ4n) is 1.82. The molecular weight excluding hydrogens is 320 g/mol. The van der Waals surface area contributed by atoms with Crippen molar-refractivity contribution in [3.63, 3.8) is 0 Å². The summed E-state index contributed by atoms with van der Waals surface area (Å²) in [6.45, 7) is 0.522. The predicted octanol–water partition coefficient (Wildman–Crippen LogP) is 3.00. The average Bonchev–Trinajstić information content (AvgIpc) is 2.45. The fourth-order valence-corrected chi connectivity index (χ4v) is 2.26. The minimum atomic E-state index is 0.247. The Kier molecular flexibility index (Phi) is 4.57. The van der Waals surface area contributed by atoms with E-state index in [9.17, 15) is 0 Å². The number of methoxy groups -OCH3 is 1. The highest BCUT2D eigenvalue weighted by Gasteiger charge is 2.09. The lowest BCUT2D eigenvalue weighted by Crippen LogP contribution is -2.07. The average molecular weight is 335 g/mol. The third kappa shape index (κ3) is 3.27. The summed E-state index contributed by atoms with van der Waals surface area (Å²) in [6, 6.07) is 11.1. The van der Waals surface area contributed by atoms with E-state index >= 15 is 0 Å². The topological polar surface area (TPSA) is 84.0 Å². The van der Waals surface area contributed by atoms with Gasteiger partial charge in [0, 0.05) is 17.4 Å². The molecule has 1 aromatic heterocycles. The molecule has 0 amide bonds. The maximum Gasteiger partial charge on any atom is 0.213 e. The lowest BCUT2D eigenvalue weighted by atomic mass is 10.1. The van der Waals surface area contributed by atoms with Gasteiger partial charge in [-0.3, -0.25) is 5.41 Å². The number of ether oxygens (including phenoxy) is 1. The maximum atomic E-state index is 7.73. The van der Waals surface area contributed by atoms with E-state index < -0.39 is 0 Å². The van der Waals surface area contributed by atoms with Crippen LogP contribution >= 0.6 is 15.9 Å². The number of nitrogens with two attached hydrogens (primary N) is 1. The van der Waals surface area contributed by atoms with Crippen LogP contribution in [0, 0.1) is 5.41 Å². The van der Waals surface area contributed by atoms with Gasteiger partial charge in [-0.1, -0.05) is 12.1 Å². The molecule has 0 fully saturated rings. The molecule has 0 unspecified atom stereocenters. The number of anilines is 2. The van der Waals surface area contributed by atoms with Crippen LogP contribution in [0.3, 0.4) is 0 Å². The Hall–Kier alpha value is -2.08. The predicted molar refractivity (Wildman–Crippen MR) is 84.7 cm³/mol. The van der Waals surface area contributed by atoms with Crippen LogP contribution in [0.4, 0.5) is 11.4 Å². The van der Waals surface area contributed by atoms with Crippen molar-refractivity contribution in [3.05, 3.63) is 47.7 Å². The summed E-state index contributed by atoms with van der Waals surface area (Å²) < 4.78 is 5.33. The lowest BCUT2D eigenvalue weighted by Gasteiger charge is -2.12. The van der Waals surface area contributed by atoms with Gasteiger partial charge in [-0.25, -0.2) is 4.98 Å². The number of benzene rings is 1. The molecule has 0 bridgehead atoms. The van der Waals surface area contributed by atoms with Crippen molar-refractivity contribution in [2.24, 2.45) is 0 Å². The van der Waals surface area contributed by atoms with Gasteiger partial charge >= 0.3 is 0 Å². The normalized spacial score (nSPS) is 10.1. The third-order valence-electron chi connectivity index (χ3n) is 2.77. The molecule has 20 heavy (non-hydrogen) atoms. The second-order valence-electron chi connectivity index (χ2n) is 4.11. The zero-order chi connectivity index (χ0) is 14.5. The molecule has 0 aliphatic carbocycles. The van der Waals surface area contributed by atoms with Gasteiger partial charge in [-0.15, -0.1) is 0 Å². The first-order valence-corrected chi connectivity index (χ1v) is 6.78. The Morgan fingerprint density at radius 1 is 1.35 bits per heavy atom. The number of aromatic nitrogens is 1. The maximum absolute atomic E-state index is 7.73. The first-order chi connectivity index (χ1) is 9.61. The monoisotopic (exact) mass is 334 g/mol. The second kappa shape index (κ2) is 6.38. The lowest BCUT2D eigenvalue weighted by molar-refractivity contribution is 0.396. The molecule has 104 valence electrons. The number of hydrogen-bond acceptors (Lipinski definition) is 5. The summed E-state index contributed by atoms with van der Waals surface area (Å²) in [5.74, 6) is 0.574. The molecule has 0 saturated heterocycles. The quantitative estimate of drug-likeness (QED) is 0.579. The van der Waals surface area contributed by atoms with Crippen LogP contribution in [-0.2, 0) is 6.54 Å². The highest BCUT2D eigenvalue weighted by Crippen LogP contribution is 2.25. The van der Waals surface area contributed by atoms with Gasteiger partial charge in [0.15, 0.2) is 0 Å². The summed E-state index contributed by atoms with van der Waals surface area (Å²) in [5.41, 5.74) is 8.72. The van der Waals surface area contributed by atoms with E-state index in [1.807, 2.05) is 24.3 Å². The Bertz CT molecular complexity index is 630. The molecule has 2 rings (SSSR count). The minimum absolute atomic E-state index is 0.247. The Morgan fingerprint density at radius 3 is 2.80 bits per heavy atom. The molecule has 0 saturated carbocycles. The summed E-state index contributed by atoms with van der Waals surface area (Å²) in [7, 11) is 1.59. The van der Waals surface area contributed by atoms with Gasteiger partial charge in [0.1, 0.15) is 4.62 Å². The highest BCUT2D eigenvalue weighted by molar-refractivity contribution is 9.18. The molecule has 6 heteroatoms. The summed E-state index contributed by atoms with van der Waals surface area (Å²) >= 11 is 3.16. The van der Waals surface area contributed by atoms with Crippen LogP contribution in [0.1, 0.15) is 11.3 Å². The van der Waals surface area contributed by atoms with Crippen LogP contribution in [-0.4, -0.2) is 16.7 Å². The van der Waals surface area contributed by atoms with E-state index in [1.165, 1.54) is 0 Å². The Balaban J connectivity index is 2.18. The number of nitrogens with zero attached hydrogens (tertiary/aromatic N) is 1. The first-order valence-electron chi connectivity index (χ1n) is 5.98. The van der Waals surface area contributed by atoms with E-state index in [0.29, 0.717) is 23.7 Å². The van der Waals surface area contributed by atoms with Crippen molar-refractivity contribution in [1.82, 2.24) is 4.98 Å². The molecule has 1 aromatic carbocycles. The van der Waals surface area contributed by atoms with Gasteiger partial charge in [0.05, 0.1) is 24.9 Å². The van der Waals surface area contributed by atoms with Crippen molar-refractivity contribution in [2.75, 3.05) is 18.2 Å². The van der Waals surface area contributed by atoms with E-state index in [0.717, 1.165) is 11.4 Å². The molecule has 2 aromatic rings. The van der Waals surface area contributed by atoms with Gasteiger partial charge in [0.2, 0.25) is 5.88 Å². The molecule has 0 spiro atoms. The van der Waals surface area contributed by atoms with E-state index in [2.05, 4.69) is 26.2 Å². The Labute approximate surface area is 125 Å². The molecule has 4 N–H and O–H groups in total. The molecule has 0 aliphatic rings. The van der Waals surface area contributed by atoms with E-state index in [1.54, 1.807) is 19.2 Å². The summed E-state index contributed by atoms with van der Waals surface area (Å²) in [5, 5.41) is 11.0. The standard InChI is InChI=1S/C14H15BrN4O/c1-20-12-7-2-4-9(19-12)8-18-11-6-3-5-10(16)13(11)14(15)17/h2-7,17-18H,8,16H2,1H3. The Morgan fingerprint density at radius 2 is 2.10 bits per heavy atom. The van der Waals surface area contributed by atoms with Crippen molar-refractivity contribution in [1.29, 1.82) is 5.41 Å². The van der Waals surface area contributed by atoms with Crippen molar-refractivity contribution < 1.29 is 4.74 Å². The van der Waals surface area contributed by atoms with Crippen LogP contribution in [0.2, 0.25) is 0 Å². The number of rotatable bonds is 5. The van der Waals surface area contributed by atoms with Crippen LogP contribution in [0.25, 0.3) is 0 Å². The van der Waals surface area contributed by atoms with Crippen LogP contribution < -0.4 is 15.8 Å². The molecule has 0 radical (unpaired) electrons. The molecule has 5 nitrogen and oxygen atoms in total. The van der Waals surface area contributed by atoms with Gasteiger partial charge < -0.3 is 15.8 Å². The molecule has 0 atom stereocenters. The smallest absolute Gasteiger partial charge is 0.213 e. The van der Waals surface area contributed by atoms with Gasteiger partial charge in [-0.2, -0.15) is 0 Å².